The lowest BCUT2D eigenvalue weighted by Gasteiger charge is -1.99. The van der Waals surface area contributed by atoms with Crippen LogP contribution >= 0.6 is 0 Å². The number of nitrogen functional groups attached to an aromatic ring is 1. The maximum atomic E-state index is 5.68. The average molecular weight is 145 g/mol. The van der Waals surface area contributed by atoms with Crippen LogP contribution in [0.2, 0.25) is 0 Å². The quantitative estimate of drug-likeness (QED) is 0.476. The van der Waals surface area contributed by atoms with E-state index in [1.54, 1.807) is 6.08 Å². The predicted molar refractivity (Wildman–Crippen MR) is 49.2 cm³/mol. The summed E-state index contributed by atoms with van der Waals surface area (Å²) in [6.07, 6.45) is 1.78. The first-order valence-electron chi connectivity index (χ1n) is 3.46. The van der Waals surface area contributed by atoms with E-state index in [1.807, 2.05) is 25.1 Å². The lowest BCUT2D eigenvalue weighted by atomic mass is 10.1. The summed E-state index contributed by atoms with van der Waals surface area (Å²) >= 11 is 0. The van der Waals surface area contributed by atoms with Crippen LogP contribution in [0.25, 0.3) is 6.08 Å². The topological polar surface area (TPSA) is 26.0 Å². The number of hydrogen-bond donors (Lipinski definition) is 1. The van der Waals surface area contributed by atoms with Crippen molar-refractivity contribution in [3.05, 3.63) is 41.6 Å². The number of benzene rings is 1. The van der Waals surface area contributed by atoms with Gasteiger partial charge in [0.15, 0.2) is 0 Å². The van der Waals surface area contributed by atoms with Crippen LogP contribution in [0.4, 0.5) is 5.69 Å². The Kier molecular flexibility index (Phi) is 2.15. The molecule has 0 amide bonds. The molecule has 0 saturated carbocycles. The monoisotopic (exact) mass is 145 g/mol. The van der Waals surface area contributed by atoms with Gasteiger partial charge < -0.3 is 5.73 Å². The van der Waals surface area contributed by atoms with Crippen molar-refractivity contribution in [2.24, 2.45) is 0 Å². The smallest absolute Gasteiger partial charge is 0.0394 e. The Morgan fingerprint density at radius 3 is 2.91 bits per heavy atom. The highest BCUT2D eigenvalue weighted by molar-refractivity contribution is 5.64. The van der Waals surface area contributed by atoms with Gasteiger partial charge in [0.05, 0.1) is 0 Å². The third kappa shape index (κ3) is 1.73. The van der Waals surface area contributed by atoms with Crippen LogP contribution in [0.15, 0.2) is 30.5 Å². The molecule has 0 aliphatic carbocycles. The fourth-order valence-corrected chi connectivity index (χ4v) is 0.929. The van der Waals surface area contributed by atoms with Gasteiger partial charge in [-0.25, -0.2) is 0 Å². The molecule has 0 heterocycles. The Labute approximate surface area is 66.9 Å². The molecule has 1 heteroatoms. The number of nitrogens with two attached hydrogens (primary N) is 1. The molecule has 0 bridgehead atoms. The van der Waals surface area contributed by atoms with E-state index in [0.29, 0.717) is 0 Å². The van der Waals surface area contributed by atoms with Crippen LogP contribution in [0, 0.1) is 6.92 Å². The van der Waals surface area contributed by atoms with Crippen LogP contribution in [-0.2, 0) is 0 Å². The highest BCUT2D eigenvalue weighted by Crippen LogP contribution is 2.14. The summed E-state index contributed by atoms with van der Waals surface area (Å²) < 4.78 is 0. The lowest BCUT2D eigenvalue weighted by molar-refractivity contribution is 1.46. The highest BCUT2D eigenvalue weighted by Gasteiger charge is 1.92. The molecule has 0 radical (unpaired) electrons. The van der Waals surface area contributed by atoms with E-state index in [4.69, 9.17) is 5.73 Å². The molecule has 1 aromatic carbocycles. The second-order valence-corrected chi connectivity index (χ2v) is 2.48. The molecule has 0 aliphatic rings. The summed E-state index contributed by atoms with van der Waals surface area (Å²) in [5.74, 6) is 0. The molecular weight excluding hydrogens is 134 g/mol. The van der Waals surface area contributed by atoms with Crippen molar-refractivity contribution in [3.63, 3.8) is 0 Å². The first-order chi connectivity index (χ1) is 5.24. The van der Waals surface area contributed by atoms with Crippen molar-refractivity contribution in [2.75, 3.05) is 5.73 Å². The van der Waals surface area contributed by atoms with E-state index in [-0.39, 0.29) is 0 Å². The molecule has 11 heavy (non-hydrogen) atoms. The van der Waals surface area contributed by atoms with E-state index >= 15 is 0 Å². The highest BCUT2D eigenvalue weighted by atomic mass is 14.5. The first kappa shape index (κ1) is 7.64. The Morgan fingerprint density at radius 2 is 2.27 bits per heavy atom. The van der Waals surface area contributed by atoms with Crippen molar-refractivity contribution < 1.29 is 0 Å². The second-order valence-electron chi connectivity index (χ2n) is 2.48. The van der Waals surface area contributed by atoms with E-state index in [1.165, 1.54) is 5.56 Å². The zero-order valence-corrected chi connectivity index (χ0v) is 6.59. The lowest BCUT2D eigenvalue weighted by Crippen LogP contribution is -1.88. The van der Waals surface area contributed by atoms with Gasteiger partial charge in [0.1, 0.15) is 0 Å². The van der Waals surface area contributed by atoms with E-state index in [0.717, 1.165) is 11.3 Å². The fourth-order valence-electron chi connectivity index (χ4n) is 0.929. The van der Waals surface area contributed by atoms with Gasteiger partial charge in [-0.2, -0.15) is 0 Å². The third-order valence-electron chi connectivity index (χ3n) is 1.50. The van der Waals surface area contributed by atoms with Gasteiger partial charge in [0, 0.05) is 11.3 Å². The maximum absolute atomic E-state index is 5.68. The maximum Gasteiger partial charge on any atom is 0.0394 e. The van der Waals surface area contributed by atoms with E-state index in [9.17, 15) is 0 Å². The Hall–Kier alpha value is -1.46. The normalized spacial score (nSPS) is 8.82. The number of anilines is 1. The Bertz CT molecular complexity index is 307. The van der Waals surface area contributed by atoms with Crippen molar-refractivity contribution in [2.45, 2.75) is 6.92 Å². The molecule has 0 atom stereocenters. The Balaban J connectivity index is 3.22. The van der Waals surface area contributed by atoms with Crippen molar-refractivity contribution in [1.29, 1.82) is 0 Å². The molecule has 2 N–H and O–H groups in total. The molecule has 0 saturated heterocycles. The third-order valence-corrected chi connectivity index (χ3v) is 1.50. The minimum absolute atomic E-state index is 0.770. The van der Waals surface area contributed by atoms with Gasteiger partial charge in [0.2, 0.25) is 0 Å². The molecular formula is C10H11N. The number of aryl methyl sites for hydroxylation is 1. The molecule has 0 fully saturated rings. The second kappa shape index (κ2) is 3.09. The molecule has 0 aromatic heterocycles. The van der Waals surface area contributed by atoms with Crippen LogP contribution in [0.1, 0.15) is 11.1 Å². The molecule has 1 nitrogen and oxygen atoms in total. The van der Waals surface area contributed by atoms with Gasteiger partial charge >= 0.3 is 0 Å². The van der Waals surface area contributed by atoms with Gasteiger partial charge in [-0.3, -0.25) is 0 Å². The fraction of sp³-hybridized carbons (Fsp3) is 0.100. The van der Waals surface area contributed by atoms with Gasteiger partial charge in [-0.05, 0) is 25.1 Å². The summed E-state index contributed by atoms with van der Waals surface area (Å²) in [7, 11) is 0. The Morgan fingerprint density at radius 1 is 1.55 bits per heavy atom. The van der Waals surface area contributed by atoms with Crippen LogP contribution in [0.3, 0.4) is 0 Å². The minimum atomic E-state index is 0.770. The van der Waals surface area contributed by atoms with Gasteiger partial charge in [0.25, 0.3) is 0 Å². The van der Waals surface area contributed by atoms with Crippen LogP contribution in [0.5, 0.6) is 0 Å². The molecule has 1 rings (SSSR count). The van der Waals surface area contributed by atoms with Crippen molar-refractivity contribution >= 4 is 11.8 Å². The number of rotatable bonds is 1. The van der Waals surface area contributed by atoms with Crippen molar-refractivity contribution in [3.8, 4) is 0 Å². The van der Waals surface area contributed by atoms with E-state index in [2.05, 4.69) is 12.3 Å². The zero-order valence-electron chi connectivity index (χ0n) is 6.59. The molecule has 0 aliphatic heterocycles. The largest absolute Gasteiger partial charge is 0.398 e. The van der Waals surface area contributed by atoms with Gasteiger partial charge in [-0.15, -0.1) is 5.73 Å². The summed E-state index contributed by atoms with van der Waals surface area (Å²) in [6, 6.07) is 5.88. The van der Waals surface area contributed by atoms with E-state index < -0.39 is 0 Å². The van der Waals surface area contributed by atoms with Crippen LogP contribution in [-0.4, -0.2) is 0 Å². The number of hydrogen-bond acceptors (Lipinski definition) is 1. The van der Waals surface area contributed by atoms with Crippen LogP contribution < -0.4 is 5.73 Å². The summed E-state index contributed by atoms with van der Waals surface area (Å²) in [5, 5.41) is 0. The molecule has 56 valence electrons. The predicted octanol–water partition coefficient (Wildman–Crippen LogP) is 2.38. The first-order valence-corrected chi connectivity index (χ1v) is 3.46. The summed E-state index contributed by atoms with van der Waals surface area (Å²) in [5.41, 5.74) is 11.3. The van der Waals surface area contributed by atoms with Gasteiger partial charge in [-0.1, -0.05) is 18.2 Å². The average Bonchev–Trinajstić information content (AvgIpc) is 1.98. The molecule has 0 spiro atoms. The minimum Gasteiger partial charge on any atom is -0.398 e. The molecule has 0 unspecified atom stereocenters. The van der Waals surface area contributed by atoms with Crippen molar-refractivity contribution in [1.82, 2.24) is 0 Å². The summed E-state index contributed by atoms with van der Waals surface area (Å²) in [4.78, 5) is 0. The standard InChI is InChI=1S/C10H11N/c1-3-4-9-7-8(2)5-6-10(9)11/h4-7H,1,11H2,2H3. The summed E-state index contributed by atoms with van der Waals surface area (Å²) in [6.45, 7) is 5.52. The molecule has 1 aromatic rings. The zero-order chi connectivity index (χ0) is 8.27. The SMILES string of the molecule is C=C=Cc1cc(C)ccc1N.